The first-order valence-electron chi connectivity index (χ1n) is 5.22. The molecule has 0 bridgehead atoms. The number of aryl methyl sites for hydroxylation is 1. The number of thiocarbonyl (C=S) groups is 1. The molecular weight excluding hydrogens is 251 g/mol. The van der Waals surface area contributed by atoms with Gasteiger partial charge in [-0.1, -0.05) is 18.3 Å². The molecule has 0 aliphatic rings. The zero-order chi connectivity index (χ0) is 13.1. The highest BCUT2D eigenvalue weighted by Gasteiger charge is 2.05. The summed E-state index contributed by atoms with van der Waals surface area (Å²) in [6.07, 6.45) is 1.51. The molecule has 0 spiro atoms. The summed E-state index contributed by atoms with van der Waals surface area (Å²) in [6, 6.07) is 6.45. The first-order chi connectivity index (χ1) is 8.56. The molecule has 0 saturated heterocycles. The van der Waals surface area contributed by atoms with Crippen molar-refractivity contribution in [2.75, 3.05) is 5.32 Å². The fourth-order valence-electron chi connectivity index (χ4n) is 1.40. The van der Waals surface area contributed by atoms with Crippen LogP contribution < -0.4 is 11.1 Å². The number of nitrogens with zero attached hydrogens (tertiary/aromatic N) is 2. The van der Waals surface area contributed by atoms with Crippen LogP contribution in [-0.2, 0) is 0 Å². The van der Waals surface area contributed by atoms with Crippen molar-refractivity contribution in [3.8, 4) is 0 Å². The molecule has 0 fully saturated rings. The summed E-state index contributed by atoms with van der Waals surface area (Å²) in [5, 5.41) is 2.78. The number of hydrogen-bond acceptors (Lipinski definition) is 4. The van der Waals surface area contributed by atoms with Crippen molar-refractivity contribution in [2.45, 2.75) is 6.92 Å². The molecule has 2 rings (SSSR count). The Morgan fingerprint density at radius 1 is 1.39 bits per heavy atom. The van der Waals surface area contributed by atoms with E-state index in [0.29, 0.717) is 11.4 Å². The fraction of sp³-hybridized carbons (Fsp3) is 0.0833. The average Bonchev–Trinajstić information content (AvgIpc) is 2.33. The van der Waals surface area contributed by atoms with Crippen LogP contribution in [-0.4, -0.2) is 15.0 Å². The summed E-state index contributed by atoms with van der Waals surface area (Å²) in [7, 11) is 0. The summed E-state index contributed by atoms with van der Waals surface area (Å²) in [5.74, 6) is -0.109. The number of hydrogen-bond donors (Lipinski definition) is 2. The molecule has 18 heavy (non-hydrogen) atoms. The molecule has 0 atom stereocenters. The Hall–Kier alpha value is -2.08. The zero-order valence-corrected chi connectivity index (χ0v) is 10.5. The number of aromatic nitrogens is 2. The maximum Gasteiger partial charge on any atom is 0.227 e. The third-order valence-corrected chi connectivity index (χ3v) is 2.49. The molecule has 1 aromatic carbocycles. The molecular formula is C12H11FN4S. The number of halogens is 1. The Balaban J connectivity index is 2.28. The molecule has 92 valence electrons. The maximum absolute atomic E-state index is 13.6. The van der Waals surface area contributed by atoms with Crippen molar-refractivity contribution in [2.24, 2.45) is 5.73 Å². The number of anilines is 2. The van der Waals surface area contributed by atoms with Gasteiger partial charge in [-0.2, -0.15) is 0 Å². The van der Waals surface area contributed by atoms with E-state index in [2.05, 4.69) is 15.3 Å². The van der Waals surface area contributed by atoms with Crippen molar-refractivity contribution in [1.29, 1.82) is 0 Å². The molecule has 3 N–H and O–H groups in total. The zero-order valence-electron chi connectivity index (χ0n) is 9.64. The highest BCUT2D eigenvalue weighted by Crippen LogP contribution is 2.18. The first-order valence-corrected chi connectivity index (χ1v) is 5.63. The summed E-state index contributed by atoms with van der Waals surface area (Å²) >= 11 is 4.81. The fourth-order valence-corrected chi connectivity index (χ4v) is 1.51. The van der Waals surface area contributed by atoms with Crippen LogP contribution in [0.4, 0.5) is 16.0 Å². The Morgan fingerprint density at radius 3 is 2.83 bits per heavy atom. The minimum Gasteiger partial charge on any atom is -0.388 e. The van der Waals surface area contributed by atoms with E-state index in [1.165, 1.54) is 12.3 Å². The van der Waals surface area contributed by atoms with E-state index < -0.39 is 0 Å². The molecule has 0 aliphatic heterocycles. The summed E-state index contributed by atoms with van der Waals surface area (Å²) in [5.41, 5.74) is 7.05. The minimum atomic E-state index is -0.362. The number of nitrogens with two attached hydrogens (primary N) is 1. The van der Waals surface area contributed by atoms with Crippen molar-refractivity contribution >= 4 is 28.8 Å². The van der Waals surface area contributed by atoms with E-state index in [1.54, 1.807) is 18.2 Å². The van der Waals surface area contributed by atoms with Crippen LogP contribution >= 0.6 is 12.2 Å². The summed E-state index contributed by atoms with van der Waals surface area (Å²) in [6.45, 7) is 1.82. The van der Waals surface area contributed by atoms with E-state index in [0.717, 1.165) is 5.56 Å². The minimum absolute atomic E-state index is 0.171. The van der Waals surface area contributed by atoms with Gasteiger partial charge in [-0.25, -0.2) is 14.4 Å². The maximum atomic E-state index is 13.6. The SMILES string of the molecule is Cc1ccc(Nc2nccc(C(N)=S)n2)c(F)c1. The molecule has 6 heteroatoms. The van der Waals surface area contributed by atoms with E-state index in [-0.39, 0.29) is 16.8 Å². The van der Waals surface area contributed by atoms with Crippen LogP contribution in [0.3, 0.4) is 0 Å². The second-order valence-electron chi connectivity index (χ2n) is 3.74. The molecule has 0 radical (unpaired) electrons. The molecule has 1 aromatic heterocycles. The van der Waals surface area contributed by atoms with Crippen LogP contribution in [0.5, 0.6) is 0 Å². The first kappa shape index (κ1) is 12.4. The molecule has 2 aromatic rings. The largest absolute Gasteiger partial charge is 0.388 e. The molecule has 0 amide bonds. The second-order valence-corrected chi connectivity index (χ2v) is 4.18. The number of rotatable bonds is 3. The predicted molar refractivity (Wildman–Crippen MR) is 72.3 cm³/mol. The van der Waals surface area contributed by atoms with Crippen LogP contribution in [0.15, 0.2) is 30.5 Å². The van der Waals surface area contributed by atoms with Gasteiger partial charge in [-0.05, 0) is 30.7 Å². The summed E-state index contributed by atoms with van der Waals surface area (Å²) < 4.78 is 13.6. The van der Waals surface area contributed by atoms with Crippen LogP contribution in [0.1, 0.15) is 11.3 Å². The lowest BCUT2D eigenvalue weighted by molar-refractivity contribution is 0.630. The Morgan fingerprint density at radius 2 is 2.17 bits per heavy atom. The topological polar surface area (TPSA) is 63.8 Å². The van der Waals surface area contributed by atoms with Gasteiger partial charge in [0.05, 0.1) is 5.69 Å². The van der Waals surface area contributed by atoms with Gasteiger partial charge in [0, 0.05) is 6.20 Å². The van der Waals surface area contributed by atoms with Crippen molar-refractivity contribution in [3.63, 3.8) is 0 Å². The monoisotopic (exact) mass is 262 g/mol. The van der Waals surface area contributed by atoms with Crippen LogP contribution in [0.2, 0.25) is 0 Å². The molecule has 0 aliphatic carbocycles. The standard InChI is InChI=1S/C12H11FN4S/c1-7-2-3-9(8(13)6-7)16-12-15-5-4-10(17-12)11(14)18/h2-6H,1H3,(H2,14,18)(H,15,16,17). The normalized spacial score (nSPS) is 10.1. The van der Waals surface area contributed by atoms with Gasteiger partial charge in [0.1, 0.15) is 16.5 Å². The van der Waals surface area contributed by atoms with E-state index >= 15 is 0 Å². The van der Waals surface area contributed by atoms with E-state index in [1.807, 2.05) is 6.92 Å². The predicted octanol–water partition coefficient (Wildman–Crippen LogP) is 2.30. The lowest BCUT2D eigenvalue weighted by Gasteiger charge is -2.07. The highest BCUT2D eigenvalue weighted by atomic mass is 32.1. The van der Waals surface area contributed by atoms with Gasteiger partial charge < -0.3 is 11.1 Å². The Labute approximate surface area is 109 Å². The quantitative estimate of drug-likeness (QED) is 0.831. The number of nitrogens with one attached hydrogen (secondary N) is 1. The lowest BCUT2D eigenvalue weighted by Crippen LogP contribution is -2.13. The van der Waals surface area contributed by atoms with E-state index in [4.69, 9.17) is 18.0 Å². The van der Waals surface area contributed by atoms with Crippen LogP contribution in [0, 0.1) is 12.7 Å². The number of benzene rings is 1. The van der Waals surface area contributed by atoms with Gasteiger partial charge >= 0.3 is 0 Å². The highest BCUT2D eigenvalue weighted by molar-refractivity contribution is 7.80. The Kier molecular flexibility index (Phi) is 3.47. The van der Waals surface area contributed by atoms with Crippen molar-refractivity contribution in [3.05, 3.63) is 47.5 Å². The van der Waals surface area contributed by atoms with Crippen molar-refractivity contribution in [1.82, 2.24) is 9.97 Å². The Bertz CT molecular complexity index is 600. The molecule has 0 unspecified atom stereocenters. The average molecular weight is 262 g/mol. The third-order valence-electron chi connectivity index (χ3n) is 2.28. The molecule has 4 nitrogen and oxygen atoms in total. The second kappa shape index (κ2) is 5.05. The van der Waals surface area contributed by atoms with Gasteiger partial charge in [-0.15, -0.1) is 0 Å². The van der Waals surface area contributed by atoms with Crippen molar-refractivity contribution < 1.29 is 4.39 Å². The van der Waals surface area contributed by atoms with Gasteiger partial charge in [0.15, 0.2) is 0 Å². The summed E-state index contributed by atoms with van der Waals surface area (Å²) in [4.78, 5) is 8.22. The lowest BCUT2D eigenvalue weighted by atomic mass is 10.2. The third kappa shape index (κ3) is 2.78. The van der Waals surface area contributed by atoms with Gasteiger partial charge in [-0.3, -0.25) is 0 Å². The molecule has 1 heterocycles. The smallest absolute Gasteiger partial charge is 0.227 e. The van der Waals surface area contributed by atoms with Gasteiger partial charge in [0.2, 0.25) is 5.95 Å². The molecule has 0 saturated carbocycles. The van der Waals surface area contributed by atoms with Gasteiger partial charge in [0.25, 0.3) is 0 Å². The van der Waals surface area contributed by atoms with E-state index in [9.17, 15) is 4.39 Å². The van der Waals surface area contributed by atoms with Crippen LogP contribution in [0.25, 0.3) is 0 Å².